The van der Waals surface area contributed by atoms with Crippen LogP contribution in [-0.4, -0.2) is 17.1 Å². The van der Waals surface area contributed by atoms with E-state index in [1.807, 2.05) is 12.1 Å². The summed E-state index contributed by atoms with van der Waals surface area (Å²) in [5.74, 6) is 0.877. The number of rotatable bonds is 3. The summed E-state index contributed by atoms with van der Waals surface area (Å²) in [6, 6.07) is 31.8. The quantitative estimate of drug-likeness (QED) is 0.290. The normalized spacial score (nSPS) is 11.7. The van der Waals surface area contributed by atoms with Gasteiger partial charge in [0, 0.05) is 49.1 Å². The summed E-state index contributed by atoms with van der Waals surface area (Å²) in [6.07, 6.45) is 2.11. The van der Waals surface area contributed by atoms with Crippen LogP contribution in [0.25, 0.3) is 64.4 Å². The Hall–Kier alpha value is -4.15. The number of aromatic amines is 1. The SMILES string of the molecule is COc1ccc2c(c1)sc1c[nH]c3ccc4c(-c5ccccc5)c(-c5ccccc5)nc4c3c12. The molecular formula is C30H20N2OS. The van der Waals surface area contributed by atoms with Crippen LogP contribution in [0.3, 0.4) is 0 Å². The number of thiophene rings is 1. The number of aromatic nitrogens is 2. The molecule has 0 aliphatic rings. The topological polar surface area (TPSA) is 37.9 Å². The van der Waals surface area contributed by atoms with Gasteiger partial charge in [-0.25, -0.2) is 4.98 Å². The van der Waals surface area contributed by atoms with Gasteiger partial charge in [0.05, 0.1) is 23.0 Å². The van der Waals surface area contributed by atoms with Gasteiger partial charge in [-0.15, -0.1) is 11.3 Å². The fourth-order valence-electron chi connectivity index (χ4n) is 5.01. The van der Waals surface area contributed by atoms with Crippen molar-refractivity contribution in [3.05, 3.63) is 97.2 Å². The largest absolute Gasteiger partial charge is 0.497 e. The molecule has 0 spiro atoms. The van der Waals surface area contributed by atoms with Crippen LogP contribution in [0.15, 0.2) is 97.2 Å². The molecule has 0 atom stereocenters. The van der Waals surface area contributed by atoms with E-state index in [1.165, 1.54) is 42.1 Å². The molecule has 4 heteroatoms. The third-order valence-corrected chi connectivity index (χ3v) is 7.65. The predicted octanol–water partition coefficient (Wildman–Crippen LogP) is 8.43. The van der Waals surface area contributed by atoms with E-state index >= 15 is 0 Å². The molecule has 0 aliphatic heterocycles. The lowest BCUT2D eigenvalue weighted by Crippen LogP contribution is -1.83. The molecule has 0 unspecified atom stereocenters. The molecule has 1 N–H and O–H groups in total. The first kappa shape index (κ1) is 19.3. The zero-order valence-electron chi connectivity index (χ0n) is 18.5. The van der Waals surface area contributed by atoms with E-state index in [2.05, 4.69) is 90.0 Å². The summed E-state index contributed by atoms with van der Waals surface area (Å²) in [5, 5.41) is 4.83. The van der Waals surface area contributed by atoms with Crippen molar-refractivity contribution in [1.29, 1.82) is 0 Å². The molecule has 0 saturated heterocycles. The minimum atomic E-state index is 0.877. The number of benzene rings is 4. The van der Waals surface area contributed by atoms with E-state index in [9.17, 15) is 0 Å². The van der Waals surface area contributed by atoms with Crippen LogP contribution in [0.5, 0.6) is 5.75 Å². The Morgan fingerprint density at radius 1 is 0.735 bits per heavy atom. The van der Waals surface area contributed by atoms with E-state index in [1.54, 1.807) is 18.4 Å². The molecule has 0 amide bonds. The van der Waals surface area contributed by atoms with Gasteiger partial charge in [-0.05, 0) is 35.9 Å². The fraction of sp³-hybridized carbons (Fsp3) is 0.0333. The molecule has 4 aromatic carbocycles. The molecule has 0 saturated carbocycles. The smallest absolute Gasteiger partial charge is 0.120 e. The van der Waals surface area contributed by atoms with Crippen LogP contribution < -0.4 is 4.74 Å². The molecule has 7 aromatic rings. The number of ether oxygens (including phenoxy) is 1. The maximum atomic E-state index is 5.48. The van der Waals surface area contributed by atoms with Crippen molar-refractivity contribution in [1.82, 2.24) is 9.97 Å². The molecule has 3 heterocycles. The highest BCUT2D eigenvalue weighted by Crippen LogP contribution is 2.45. The Labute approximate surface area is 200 Å². The zero-order valence-corrected chi connectivity index (χ0v) is 19.3. The lowest BCUT2D eigenvalue weighted by Gasteiger charge is -2.06. The minimum absolute atomic E-state index is 0.877. The molecule has 0 aliphatic carbocycles. The molecule has 162 valence electrons. The average Bonchev–Trinajstić information content (AvgIpc) is 3.47. The third kappa shape index (κ3) is 2.79. The lowest BCUT2D eigenvalue weighted by molar-refractivity contribution is 0.415. The summed E-state index contributed by atoms with van der Waals surface area (Å²) < 4.78 is 7.91. The van der Waals surface area contributed by atoms with Gasteiger partial charge in [0.15, 0.2) is 0 Å². The van der Waals surface area contributed by atoms with E-state index < -0.39 is 0 Å². The van der Waals surface area contributed by atoms with E-state index in [-0.39, 0.29) is 0 Å². The predicted molar refractivity (Wildman–Crippen MR) is 144 cm³/mol. The Morgan fingerprint density at radius 2 is 1.47 bits per heavy atom. The van der Waals surface area contributed by atoms with Gasteiger partial charge in [0.2, 0.25) is 0 Å². The van der Waals surface area contributed by atoms with Crippen molar-refractivity contribution in [2.75, 3.05) is 7.11 Å². The van der Waals surface area contributed by atoms with Crippen molar-refractivity contribution in [3.63, 3.8) is 0 Å². The van der Waals surface area contributed by atoms with Gasteiger partial charge < -0.3 is 9.72 Å². The second kappa shape index (κ2) is 7.44. The summed E-state index contributed by atoms with van der Waals surface area (Å²) in [5.41, 5.74) is 6.63. The fourth-order valence-corrected chi connectivity index (χ4v) is 6.13. The molecular weight excluding hydrogens is 436 g/mol. The minimum Gasteiger partial charge on any atom is -0.497 e. The van der Waals surface area contributed by atoms with E-state index in [4.69, 9.17) is 9.72 Å². The monoisotopic (exact) mass is 456 g/mol. The van der Waals surface area contributed by atoms with Gasteiger partial charge >= 0.3 is 0 Å². The van der Waals surface area contributed by atoms with E-state index in [0.29, 0.717) is 0 Å². The van der Waals surface area contributed by atoms with Crippen LogP contribution >= 0.6 is 11.3 Å². The maximum absolute atomic E-state index is 5.48. The van der Waals surface area contributed by atoms with Gasteiger partial charge in [0.25, 0.3) is 0 Å². The van der Waals surface area contributed by atoms with Gasteiger partial charge in [-0.3, -0.25) is 0 Å². The number of hydrogen-bond acceptors (Lipinski definition) is 3. The van der Waals surface area contributed by atoms with Crippen molar-refractivity contribution in [2.24, 2.45) is 0 Å². The molecule has 0 radical (unpaired) electrons. The molecule has 3 nitrogen and oxygen atoms in total. The molecule has 0 fully saturated rings. The molecule has 3 aromatic heterocycles. The van der Waals surface area contributed by atoms with Crippen LogP contribution in [0.2, 0.25) is 0 Å². The Morgan fingerprint density at radius 3 is 2.24 bits per heavy atom. The van der Waals surface area contributed by atoms with Crippen molar-refractivity contribution in [2.45, 2.75) is 0 Å². The van der Waals surface area contributed by atoms with Crippen molar-refractivity contribution in [3.8, 4) is 28.1 Å². The zero-order chi connectivity index (χ0) is 22.6. The first-order valence-corrected chi connectivity index (χ1v) is 12.1. The second-order valence-corrected chi connectivity index (χ2v) is 9.53. The highest BCUT2D eigenvalue weighted by Gasteiger charge is 2.20. The van der Waals surface area contributed by atoms with Gasteiger partial charge in [0.1, 0.15) is 5.75 Å². The summed E-state index contributed by atoms with van der Waals surface area (Å²) in [7, 11) is 1.71. The highest BCUT2D eigenvalue weighted by atomic mass is 32.1. The Bertz CT molecular complexity index is 1830. The van der Waals surface area contributed by atoms with Crippen molar-refractivity contribution < 1.29 is 4.74 Å². The van der Waals surface area contributed by atoms with Crippen LogP contribution in [0.4, 0.5) is 0 Å². The van der Waals surface area contributed by atoms with E-state index in [0.717, 1.165) is 28.0 Å². The second-order valence-electron chi connectivity index (χ2n) is 8.44. The number of pyridine rings is 1. The Kier molecular flexibility index (Phi) is 4.23. The number of methoxy groups -OCH3 is 1. The lowest BCUT2D eigenvalue weighted by atomic mass is 9.97. The van der Waals surface area contributed by atoms with Gasteiger partial charge in [-0.1, -0.05) is 60.7 Å². The van der Waals surface area contributed by atoms with Crippen LogP contribution in [-0.2, 0) is 0 Å². The first-order chi connectivity index (χ1) is 16.8. The van der Waals surface area contributed by atoms with Crippen LogP contribution in [0, 0.1) is 0 Å². The van der Waals surface area contributed by atoms with Crippen molar-refractivity contribution >= 4 is 53.3 Å². The van der Waals surface area contributed by atoms with Crippen LogP contribution in [0.1, 0.15) is 0 Å². The Balaban J connectivity index is 1.66. The number of fused-ring (bicyclic) bond motifs is 7. The summed E-state index contributed by atoms with van der Waals surface area (Å²) in [4.78, 5) is 8.84. The first-order valence-electron chi connectivity index (χ1n) is 11.3. The highest BCUT2D eigenvalue weighted by molar-refractivity contribution is 7.26. The number of nitrogens with one attached hydrogen (secondary N) is 1. The molecule has 7 rings (SSSR count). The maximum Gasteiger partial charge on any atom is 0.120 e. The summed E-state index contributed by atoms with van der Waals surface area (Å²) in [6.45, 7) is 0. The number of H-pyrrole nitrogens is 1. The number of hydrogen-bond donors (Lipinski definition) is 1. The standard InChI is InChI=1S/C30H20N2OS/c1-33-20-12-13-21-24(16-20)34-25-17-31-23-15-14-22-26(18-8-4-2-5-9-18)29(19-10-6-3-7-11-19)32-30(22)28(23)27(21)25/h2-17,31H,1H3. The summed E-state index contributed by atoms with van der Waals surface area (Å²) >= 11 is 1.78. The molecule has 0 bridgehead atoms. The number of nitrogens with zero attached hydrogens (tertiary/aromatic N) is 1. The average molecular weight is 457 g/mol. The van der Waals surface area contributed by atoms with Gasteiger partial charge in [-0.2, -0.15) is 0 Å². The molecule has 34 heavy (non-hydrogen) atoms. The third-order valence-electron chi connectivity index (χ3n) is 6.55.